The van der Waals surface area contributed by atoms with Crippen molar-refractivity contribution in [2.45, 2.75) is 39.3 Å². The van der Waals surface area contributed by atoms with E-state index in [0.29, 0.717) is 18.7 Å². The lowest BCUT2D eigenvalue weighted by atomic mass is 9.95. The number of hydrogen-bond acceptors (Lipinski definition) is 3. The van der Waals surface area contributed by atoms with Crippen molar-refractivity contribution in [3.05, 3.63) is 34.9 Å². The molecule has 0 radical (unpaired) electrons. The van der Waals surface area contributed by atoms with E-state index >= 15 is 0 Å². The van der Waals surface area contributed by atoms with Crippen LogP contribution in [0.3, 0.4) is 0 Å². The molecule has 0 bridgehead atoms. The number of nitrogens with zero attached hydrogens (tertiary/aromatic N) is 1. The Labute approximate surface area is 116 Å². The van der Waals surface area contributed by atoms with Crippen molar-refractivity contribution in [2.24, 2.45) is 5.73 Å². The van der Waals surface area contributed by atoms with Crippen LogP contribution in [-0.4, -0.2) is 37.2 Å². The van der Waals surface area contributed by atoms with Crippen LogP contribution in [0.15, 0.2) is 18.2 Å². The first kappa shape index (κ1) is 14.5. The molecule has 3 heteroatoms. The Morgan fingerprint density at radius 3 is 2.89 bits per heavy atom. The molecular weight excluding hydrogens is 236 g/mol. The van der Waals surface area contributed by atoms with Gasteiger partial charge in [0.25, 0.3) is 0 Å². The minimum Gasteiger partial charge on any atom is -0.376 e. The van der Waals surface area contributed by atoms with E-state index < -0.39 is 0 Å². The molecule has 1 heterocycles. The Hall–Kier alpha value is -0.900. The molecule has 1 fully saturated rings. The second-order valence-corrected chi connectivity index (χ2v) is 5.44. The third-order valence-corrected chi connectivity index (χ3v) is 4.30. The van der Waals surface area contributed by atoms with Crippen LogP contribution in [0.25, 0.3) is 0 Å². The maximum Gasteiger partial charge on any atom is 0.0700 e. The van der Waals surface area contributed by atoms with E-state index in [4.69, 9.17) is 10.5 Å². The Balaban J connectivity index is 2.21. The smallest absolute Gasteiger partial charge is 0.0700 e. The summed E-state index contributed by atoms with van der Waals surface area (Å²) in [5.41, 5.74) is 10.1. The highest BCUT2D eigenvalue weighted by Gasteiger charge is 2.26. The number of morpholine rings is 1. The third kappa shape index (κ3) is 3.16. The van der Waals surface area contributed by atoms with Crippen LogP contribution in [0.2, 0.25) is 0 Å². The van der Waals surface area contributed by atoms with Gasteiger partial charge in [0, 0.05) is 25.7 Å². The summed E-state index contributed by atoms with van der Waals surface area (Å²) in [6, 6.07) is 6.84. The van der Waals surface area contributed by atoms with Crippen LogP contribution in [0.5, 0.6) is 0 Å². The molecule has 2 rings (SSSR count). The van der Waals surface area contributed by atoms with Crippen molar-refractivity contribution in [3.63, 3.8) is 0 Å². The molecule has 0 amide bonds. The summed E-state index contributed by atoms with van der Waals surface area (Å²) in [5, 5.41) is 0. The van der Waals surface area contributed by atoms with Gasteiger partial charge in [-0.2, -0.15) is 0 Å². The van der Waals surface area contributed by atoms with Gasteiger partial charge in [-0.25, -0.2) is 0 Å². The van der Waals surface area contributed by atoms with E-state index in [-0.39, 0.29) is 0 Å². The average molecular weight is 262 g/mol. The monoisotopic (exact) mass is 262 g/mol. The molecule has 1 aliphatic heterocycles. The highest BCUT2D eigenvalue weighted by Crippen LogP contribution is 2.27. The zero-order valence-electron chi connectivity index (χ0n) is 12.4. The lowest BCUT2D eigenvalue weighted by Gasteiger charge is -2.38. The molecule has 1 aromatic rings. The number of benzene rings is 1. The molecule has 2 unspecified atom stereocenters. The number of ether oxygens (including phenoxy) is 1. The maximum atomic E-state index is 6.06. The normalized spacial score (nSPS) is 22.4. The molecule has 2 atom stereocenters. The predicted molar refractivity (Wildman–Crippen MR) is 79.3 cm³/mol. The van der Waals surface area contributed by atoms with E-state index in [1.807, 2.05) is 0 Å². The maximum absolute atomic E-state index is 6.06. The van der Waals surface area contributed by atoms with E-state index in [1.54, 1.807) is 0 Å². The zero-order valence-corrected chi connectivity index (χ0v) is 12.4. The molecule has 0 aliphatic carbocycles. The third-order valence-electron chi connectivity index (χ3n) is 4.30. The van der Waals surface area contributed by atoms with Crippen LogP contribution in [-0.2, 0) is 4.74 Å². The first-order valence-corrected chi connectivity index (χ1v) is 7.29. The van der Waals surface area contributed by atoms with Gasteiger partial charge in [-0.1, -0.05) is 25.1 Å². The Morgan fingerprint density at radius 1 is 1.42 bits per heavy atom. The molecule has 0 spiro atoms. The van der Waals surface area contributed by atoms with Crippen molar-refractivity contribution in [2.75, 3.05) is 26.2 Å². The fourth-order valence-electron chi connectivity index (χ4n) is 2.88. The van der Waals surface area contributed by atoms with E-state index in [1.165, 1.54) is 16.7 Å². The van der Waals surface area contributed by atoms with Crippen molar-refractivity contribution < 1.29 is 4.74 Å². The number of rotatable bonds is 4. The molecule has 1 saturated heterocycles. The van der Waals surface area contributed by atoms with Gasteiger partial charge in [0.15, 0.2) is 0 Å². The van der Waals surface area contributed by atoms with Gasteiger partial charge in [0.2, 0.25) is 0 Å². The molecule has 2 N–H and O–H groups in total. The highest BCUT2D eigenvalue weighted by atomic mass is 16.5. The summed E-state index contributed by atoms with van der Waals surface area (Å²) in [7, 11) is 0. The first-order valence-electron chi connectivity index (χ1n) is 7.29. The second kappa shape index (κ2) is 6.51. The predicted octanol–water partition coefficient (Wildman–Crippen LogP) is 2.41. The highest BCUT2D eigenvalue weighted by molar-refractivity contribution is 5.35. The van der Waals surface area contributed by atoms with Crippen LogP contribution >= 0.6 is 0 Å². The summed E-state index contributed by atoms with van der Waals surface area (Å²) in [6.07, 6.45) is 1.42. The molecule has 1 aromatic carbocycles. The zero-order chi connectivity index (χ0) is 13.8. The summed E-state index contributed by atoms with van der Waals surface area (Å²) in [6.45, 7) is 10.0. The summed E-state index contributed by atoms with van der Waals surface area (Å²) < 4.78 is 5.76. The minimum atomic E-state index is 0.317. The van der Waals surface area contributed by atoms with Crippen molar-refractivity contribution in [3.8, 4) is 0 Å². The van der Waals surface area contributed by atoms with Gasteiger partial charge < -0.3 is 10.5 Å². The van der Waals surface area contributed by atoms with Crippen LogP contribution in [0, 0.1) is 13.8 Å². The van der Waals surface area contributed by atoms with Crippen molar-refractivity contribution in [1.82, 2.24) is 4.90 Å². The molecular formula is C16H26N2O. The van der Waals surface area contributed by atoms with Crippen LogP contribution in [0.4, 0.5) is 0 Å². The van der Waals surface area contributed by atoms with E-state index in [9.17, 15) is 0 Å². The minimum absolute atomic E-state index is 0.317. The SMILES string of the molecule is CCC1CN(C(CN)c2cccc(C)c2C)CCO1. The molecule has 0 saturated carbocycles. The summed E-state index contributed by atoms with van der Waals surface area (Å²) in [5.74, 6) is 0. The molecule has 0 aromatic heterocycles. The summed E-state index contributed by atoms with van der Waals surface area (Å²) >= 11 is 0. The van der Waals surface area contributed by atoms with E-state index in [0.717, 1.165) is 26.1 Å². The van der Waals surface area contributed by atoms with Crippen LogP contribution in [0.1, 0.15) is 36.1 Å². The van der Waals surface area contributed by atoms with Crippen molar-refractivity contribution in [1.29, 1.82) is 0 Å². The van der Waals surface area contributed by atoms with Gasteiger partial charge in [0.1, 0.15) is 0 Å². The lowest BCUT2D eigenvalue weighted by Crippen LogP contribution is -2.46. The van der Waals surface area contributed by atoms with Gasteiger partial charge in [-0.15, -0.1) is 0 Å². The first-order chi connectivity index (χ1) is 9.17. The topological polar surface area (TPSA) is 38.5 Å². The number of aryl methyl sites for hydroxylation is 1. The van der Waals surface area contributed by atoms with Gasteiger partial charge >= 0.3 is 0 Å². The largest absolute Gasteiger partial charge is 0.376 e. The number of nitrogens with two attached hydrogens (primary N) is 1. The van der Waals surface area contributed by atoms with Gasteiger partial charge in [-0.05, 0) is 37.0 Å². The molecule has 106 valence electrons. The van der Waals surface area contributed by atoms with Gasteiger partial charge in [0.05, 0.1) is 12.7 Å². The van der Waals surface area contributed by atoms with Crippen molar-refractivity contribution >= 4 is 0 Å². The molecule has 3 nitrogen and oxygen atoms in total. The van der Waals surface area contributed by atoms with E-state index in [2.05, 4.69) is 43.9 Å². The number of hydrogen-bond donors (Lipinski definition) is 1. The average Bonchev–Trinajstić information content (AvgIpc) is 2.44. The Kier molecular flexibility index (Phi) is 4.97. The molecule has 1 aliphatic rings. The second-order valence-electron chi connectivity index (χ2n) is 5.44. The lowest BCUT2D eigenvalue weighted by molar-refractivity contribution is -0.0438. The quantitative estimate of drug-likeness (QED) is 0.905. The Morgan fingerprint density at radius 2 is 2.21 bits per heavy atom. The van der Waals surface area contributed by atoms with Crippen LogP contribution < -0.4 is 5.73 Å². The van der Waals surface area contributed by atoms with Gasteiger partial charge in [-0.3, -0.25) is 4.90 Å². The fraction of sp³-hybridized carbons (Fsp3) is 0.625. The standard InChI is InChI=1S/C16H26N2O/c1-4-14-11-18(8-9-19-14)16(10-17)15-7-5-6-12(2)13(15)3/h5-7,14,16H,4,8-11,17H2,1-3H3. The molecule has 19 heavy (non-hydrogen) atoms. The fourth-order valence-corrected chi connectivity index (χ4v) is 2.88. The Bertz CT molecular complexity index is 419. The summed E-state index contributed by atoms with van der Waals surface area (Å²) in [4.78, 5) is 2.49.